The van der Waals surface area contributed by atoms with Crippen LogP contribution < -0.4 is 4.72 Å². The molecular weight excluding hydrogens is 491 g/mol. The van der Waals surface area contributed by atoms with Crippen molar-refractivity contribution in [2.24, 2.45) is 11.8 Å². The first-order valence-electron chi connectivity index (χ1n) is 10.2. The molecule has 1 N–H and O–H groups in total. The third kappa shape index (κ3) is 5.87. The Bertz CT molecular complexity index is 1140. The lowest BCUT2D eigenvalue weighted by Gasteiger charge is -2.21. The summed E-state index contributed by atoms with van der Waals surface area (Å²) in [7, 11) is -3.41. The Kier molecular flexibility index (Phi) is 6.69. The van der Waals surface area contributed by atoms with Crippen LogP contribution in [0.5, 0.6) is 0 Å². The third-order valence-corrected chi connectivity index (χ3v) is 6.65. The molecule has 4 rings (SSSR count). The average molecular weight is 513 g/mol. The van der Waals surface area contributed by atoms with Crippen LogP contribution in [0, 0.1) is 11.8 Å². The minimum Gasteiger partial charge on any atom is -0.445 e. The molecule has 0 aliphatic carbocycles. The lowest BCUT2D eigenvalue weighted by Crippen LogP contribution is -2.36. The van der Waals surface area contributed by atoms with Crippen molar-refractivity contribution < 1.29 is 22.7 Å². The molecule has 33 heavy (non-hydrogen) atoms. The summed E-state index contributed by atoms with van der Waals surface area (Å²) < 4.78 is 30.3. The smallest absolute Gasteiger partial charge is 0.410 e. The molecule has 12 heteroatoms. The standard InChI is InChI=1S/C21H22Cl2N4O5S/c1-33(30,31)25-18-2-3-19(24-7-18)20(28)26-8-14-10-27(11-15(14)9-26)21(29)32-12-13-4-16(22)6-17(23)5-13/h2-7,14-15,25H,8-12H2,1H3. The summed E-state index contributed by atoms with van der Waals surface area (Å²) in [5, 5.41) is 0.953. The number of aromatic nitrogens is 1. The molecule has 1 aromatic carbocycles. The van der Waals surface area contributed by atoms with E-state index in [0.29, 0.717) is 47.5 Å². The summed E-state index contributed by atoms with van der Waals surface area (Å²) in [5.74, 6) is 0.101. The van der Waals surface area contributed by atoms with Crippen molar-refractivity contribution >= 4 is 50.9 Å². The van der Waals surface area contributed by atoms with Gasteiger partial charge in [-0.2, -0.15) is 0 Å². The van der Waals surface area contributed by atoms with Gasteiger partial charge in [-0.3, -0.25) is 9.52 Å². The van der Waals surface area contributed by atoms with E-state index in [1.807, 2.05) is 0 Å². The Hall–Kier alpha value is -2.56. The van der Waals surface area contributed by atoms with Gasteiger partial charge in [0.1, 0.15) is 12.3 Å². The number of fused-ring (bicyclic) bond motifs is 1. The maximum absolute atomic E-state index is 12.8. The van der Waals surface area contributed by atoms with Gasteiger partial charge < -0.3 is 14.5 Å². The number of nitrogens with zero attached hydrogens (tertiary/aromatic N) is 3. The quantitative estimate of drug-likeness (QED) is 0.659. The minimum absolute atomic E-state index is 0.0748. The second-order valence-electron chi connectivity index (χ2n) is 8.27. The molecule has 0 bridgehead atoms. The molecule has 2 amide bonds. The van der Waals surface area contributed by atoms with Gasteiger partial charge in [-0.05, 0) is 35.9 Å². The molecule has 2 aromatic rings. The molecule has 0 saturated carbocycles. The predicted molar refractivity (Wildman–Crippen MR) is 124 cm³/mol. The first kappa shape index (κ1) is 23.6. The van der Waals surface area contributed by atoms with Gasteiger partial charge in [-0.1, -0.05) is 23.2 Å². The Morgan fingerprint density at radius 1 is 1.06 bits per heavy atom. The Morgan fingerprint density at radius 2 is 1.67 bits per heavy atom. The summed E-state index contributed by atoms with van der Waals surface area (Å²) >= 11 is 11.9. The zero-order chi connectivity index (χ0) is 23.8. The van der Waals surface area contributed by atoms with E-state index < -0.39 is 16.1 Å². The van der Waals surface area contributed by atoms with Gasteiger partial charge in [0.25, 0.3) is 5.91 Å². The van der Waals surface area contributed by atoms with E-state index in [-0.39, 0.29) is 30.0 Å². The number of hydrogen-bond acceptors (Lipinski definition) is 6. The van der Waals surface area contributed by atoms with Crippen LogP contribution in [0.25, 0.3) is 0 Å². The van der Waals surface area contributed by atoms with Crippen LogP contribution in [0.2, 0.25) is 10.0 Å². The average Bonchev–Trinajstić information content (AvgIpc) is 3.30. The summed E-state index contributed by atoms with van der Waals surface area (Å²) in [4.78, 5) is 32.8. The fraction of sp³-hybridized carbons (Fsp3) is 0.381. The van der Waals surface area contributed by atoms with Crippen molar-refractivity contribution in [2.75, 3.05) is 37.2 Å². The number of pyridine rings is 1. The van der Waals surface area contributed by atoms with Gasteiger partial charge in [0.2, 0.25) is 10.0 Å². The van der Waals surface area contributed by atoms with Crippen LogP contribution in [-0.2, 0) is 21.4 Å². The number of anilines is 1. The van der Waals surface area contributed by atoms with Crippen LogP contribution in [-0.4, -0.2) is 67.6 Å². The van der Waals surface area contributed by atoms with Gasteiger partial charge in [0.15, 0.2) is 0 Å². The van der Waals surface area contributed by atoms with Gasteiger partial charge >= 0.3 is 6.09 Å². The van der Waals surface area contributed by atoms with E-state index in [0.717, 1.165) is 6.26 Å². The van der Waals surface area contributed by atoms with E-state index in [1.165, 1.54) is 18.3 Å². The summed E-state index contributed by atoms with van der Waals surface area (Å²) in [6, 6.07) is 8.00. The zero-order valence-corrected chi connectivity index (χ0v) is 20.0. The summed E-state index contributed by atoms with van der Waals surface area (Å²) in [6.45, 7) is 2.12. The first-order chi connectivity index (χ1) is 15.6. The Balaban J connectivity index is 1.29. The number of benzene rings is 1. The summed E-state index contributed by atoms with van der Waals surface area (Å²) in [5.41, 5.74) is 1.24. The molecule has 0 radical (unpaired) electrons. The number of amides is 2. The van der Waals surface area contributed by atoms with Gasteiger partial charge in [-0.15, -0.1) is 0 Å². The van der Waals surface area contributed by atoms with E-state index in [9.17, 15) is 18.0 Å². The van der Waals surface area contributed by atoms with Crippen molar-refractivity contribution in [2.45, 2.75) is 6.61 Å². The molecule has 2 saturated heterocycles. The highest BCUT2D eigenvalue weighted by molar-refractivity contribution is 7.92. The fourth-order valence-electron chi connectivity index (χ4n) is 4.20. The lowest BCUT2D eigenvalue weighted by atomic mass is 10.0. The molecule has 1 aromatic heterocycles. The van der Waals surface area contributed by atoms with Crippen molar-refractivity contribution in [3.8, 4) is 0 Å². The topological polar surface area (TPSA) is 109 Å². The third-order valence-electron chi connectivity index (χ3n) is 5.60. The van der Waals surface area contributed by atoms with Gasteiger partial charge in [0.05, 0.1) is 18.1 Å². The molecule has 3 heterocycles. The number of ether oxygens (including phenoxy) is 1. The monoisotopic (exact) mass is 512 g/mol. The maximum Gasteiger partial charge on any atom is 0.410 e. The van der Waals surface area contributed by atoms with Crippen molar-refractivity contribution in [3.63, 3.8) is 0 Å². The highest BCUT2D eigenvalue weighted by Crippen LogP contribution is 2.32. The van der Waals surface area contributed by atoms with Gasteiger partial charge in [0, 0.05) is 48.1 Å². The SMILES string of the molecule is CS(=O)(=O)Nc1ccc(C(=O)N2CC3CN(C(=O)OCc4cc(Cl)cc(Cl)c4)CC3C2)nc1. The number of nitrogens with one attached hydrogen (secondary N) is 1. The van der Waals surface area contributed by atoms with Crippen LogP contribution in [0.3, 0.4) is 0 Å². The number of carbonyl (C=O) groups is 2. The Labute approximate surface area is 201 Å². The predicted octanol–water partition coefficient (Wildman–Crippen LogP) is 3.10. The molecule has 2 aliphatic heterocycles. The molecule has 176 valence electrons. The second-order valence-corrected chi connectivity index (χ2v) is 10.9. The van der Waals surface area contributed by atoms with Crippen molar-refractivity contribution in [1.29, 1.82) is 0 Å². The number of carbonyl (C=O) groups excluding carboxylic acids is 2. The first-order valence-corrected chi connectivity index (χ1v) is 12.8. The minimum atomic E-state index is -3.41. The van der Waals surface area contributed by atoms with E-state index >= 15 is 0 Å². The lowest BCUT2D eigenvalue weighted by molar-refractivity contribution is 0.0759. The van der Waals surface area contributed by atoms with Crippen molar-refractivity contribution in [3.05, 3.63) is 57.8 Å². The zero-order valence-electron chi connectivity index (χ0n) is 17.7. The Morgan fingerprint density at radius 3 is 2.21 bits per heavy atom. The second kappa shape index (κ2) is 9.36. The van der Waals surface area contributed by atoms with Crippen molar-refractivity contribution in [1.82, 2.24) is 14.8 Å². The number of halogens is 2. The van der Waals surface area contributed by atoms with Gasteiger partial charge in [-0.25, -0.2) is 18.2 Å². The number of hydrogen-bond donors (Lipinski definition) is 1. The van der Waals surface area contributed by atoms with Crippen LogP contribution in [0.4, 0.5) is 10.5 Å². The normalized spacial score (nSPS) is 20.0. The molecule has 0 spiro atoms. The van der Waals surface area contributed by atoms with E-state index in [4.69, 9.17) is 27.9 Å². The van der Waals surface area contributed by atoms with E-state index in [2.05, 4.69) is 9.71 Å². The largest absolute Gasteiger partial charge is 0.445 e. The number of rotatable bonds is 5. The highest BCUT2D eigenvalue weighted by Gasteiger charge is 2.43. The molecule has 2 atom stereocenters. The summed E-state index contributed by atoms with van der Waals surface area (Å²) in [6.07, 6.45) is 1.95. The molecule has 2 fully saturated rings. The van der Waals surface area contributed by atoms with Crippen LogP contribution in [0.1, 0.15) is 16.1 Å². The molecule has 2 unspecified atom stereocenters. The highest BCUT2D eigenvalue weighted by atomic mass is 35.5. The molecular formula is C21H22Cl2N4O5S. The van der Waals surface area contributed by atoms with Crippen LogP contribution >= 0.6 is 23.2 Å². The number of likely N-dealkylation sites (tertiary alicyclic amines) is 2. The number of sulfonamides is 1. The molecule has 9 nitrogen and oxygen atoms in total. The fourth-order valence-corrected chi connectivity index (χ4v) is 5.32. The maximum atomic E-state index is 12.8. The van der Waals surface area contributed by atoms with E-state index in [1.54, 1.807) is 28.0 Å². The molecule has 2 aliphatic rings. The van der Waals surface area contributed by atoms with Crippen LogP contribution in [0.15, 0.2) is 36.5 Å².